The maximum Gasteiger partial charge on any atom is 0.297 e. The predicted molar refractivity (Wildman–Crippen MR) is 323 cm³/mol. The van der Waals surface area contributed by atoms with Crippen molar-refractivity contribution in [3.63, 3.8) is 0 Å². The van der Waals surface area contributed by atoms with Crippen molar-refractivity contribution in [3.8, 4) is 22.5 Å². The number of hydrogen-bond acceptors (Lipinski definition) is 3. The van der Waals surface area contributed by atoms with Crippen molar-refractivity contribution >= 4 is 128 Å². The molecule has 0 atom stereocenters. The minimum absolute atomic E-state index is 0.0163. The van der Waals surface area contributed by atoms with Crippen molar-refractivity contribution in [3.05, 3.63) is 168 Å². The molecule has 0 amide bonds. The van der Waals surface area contributed by atoms with Gasteiger partial charge in [0.15, 0.2) is 0 Å². The summed E-state index contributed by atoms with van der Waals surface area (Å²) in [6, 6.07) is 56.2. The first-order valence-corrected chi connectivity index (χ1v) is 27.4. The topological polar surface area (TPSA) is 39.4 Å². The molecule has 3 aliphatic rings. The average molecular weight is 986 g/mol. The predicted octanol–water partition coefficient (Wildman–Crippen LogP) is 17.5. The molecule has 16 rings (SSSR count). The first-order chi connectivity index (χ1) is 36.2. The van der Waals surface area contributed by atoms with E-state index in [4.69, 9.17) is 8.83 Å². The Kier molecular flexibility index (Phi) is 8.23. The standard InChI is InChI=1S/C70H60BN3O2/c1-67(2,3)38-20-24-42(25-21-38)73-53-35-43(72-51-26-19-37-15-13-16-44-45-17-14-18-56-59(45)62-57(75-56)30-28-52(72)61(62)60(51)58(37)44)36-54-63(53)71(66-65(73)48-32-40(69(7,8)9)23-29-55(48)76-66)49-34-41(70(10,11)12)33-47-46-31-39(68(4,5)6)22-27-50(46)74(54)64(47)49/h13-36H,1-12H3. The van der Waals surface area contributed by atoms with Gasteiger partial charge in [0.2, 0.25) is 0 Å². The zero-order valence-corrected chi connectivity index (χ0v) is 45.6. The molecular weight excluding hydrogens is 926 g/mol. The molecule has 2 aliphatic heterocycles. The summed E-state index contributed by atoms with van der Waals surface area (Å²) in [7, 11) is 0. The second-order valence-corrected chi connectivity index (χ2v) is 26.6. The van der Waals surface area contributed by atoms with Crippen molar-refractivity contribution in [2.45, 2.75) is 105 Å². The van der Waals surface area contributed by atoms with Gasteiger partial charge in [0, 0.05) is 60.3 Å². The number of rotatable bonds is 2. The van der Waals surface area contributed by atoms with Crippen LogP contribution in [0.3, 0.4) is 0 Å². The Balaban J connectivity index is 1.11. The number of aromatic nitrogens is 2. The van der Waals surface area contributed by atoms with Crippen LogP contribution in [0.1, 0.15) is 105 Å². The van der Waals surface area contributed by atoms with Crippen molar-refractivity contribution in [1.82, 2.24) is 9.13 Å². The Morgan fingerprint density at radius 1 is 0.395 bits per heavy atom. The summed E-state index contributed by atoms with van der Waals surface area (Å²) in [5, 5.41) is 11.1. The number of anilines is 3. The lowest BCUT2D eigenvalue weighted by molar-refractivity contribution is 0.590. The maximum absolute atomic E-state index is 7.51. The highest BCUT2D eigenvalue weighted by Crippen LogP contribution is 2.53. The summed E-state index contributed by atoms with van der Waals surface area (Å²) < 4.78 is 19.5. The fraction of sp³-hybridized carbons (Fsp3) is 0.229. The fourth-order valence-corrected chi connectivity index (χ4v) is 13.9. The van der Waals surface area contributed by atoms with E-state index in [9.17, 15) is 0 Å². The zero-order valence-electron chi connectivity index (χ0n) is 45.6. The zero-order chi connectivity index (χ0) is 52.0. The number of benzene rings is 9. The Morgan fingerprint density at radius 2 is 0.974 bits per heavy atom. The van der Waals surface area contributed by atoms with Crippen LogP contribution in [0.4, 0.5) is 17.1 Å². The Bertz CT molecular complexity index is 4790. The van der Waals surface area contributed by atoms with Gasteiger partial charge in [-0.05, 0) is 156 Å². The molecule has 9 aromatic carbocycles. The Labute approximate surface area is 443 Å². The molecule has 76 heavy (non-hydrogen) atoms. The van der Waals surface area contributed by atoms with E-state index in [0.717, 1.165) is 56.1 Å². The van der Waals surface area contributed by atoms with Crippen LogP contribution < -0.4 is 21.5 Å². The number of fused-ring (bicyclic) bond motifs is 10. The number of hydrogen-bond donors (Lipinski definition) is 0. The molecule has 0 N–H and O–H groups in total. The Morgan fingerprint density at radius 3 is 1.70 bits per heavy atom. The first-order valence-electron chi connectivity index (χ1n) is 27.4. The van der Waals surface area contributed by atoms with E-state index in [2.05, 4.69) is 243 Å². The molecular formula is C70H60BN3O2. The van der Waals surface area contributed by atoms with E-state index in [1.165, 1.54) is 110 Å². The smallest absolute Gasteiger partial charge is 0.297 e. The van der Waals surface area contributed by atoms with E-state index >= 15 is 0 Å². The van der Waals surface area contributed by atoms with E-state index < -0.39 is 0 Å². The van der Waals surface area contributed by atoms with Crippen molar-refractivity contribution in [1.29, 1.82) is 0 Å². The van der Waals surface area contributed by atoms with Crippen LogP contribution in [0.5, 0.6) is 0 Å². The molecule has 0 radical (unpaired) electrons. The van der Waals surface area contributed by atoms with Gasteiger partial charge in [0.1, 0.15) is 16.7 Å². The van der Waals surface area contributed by atoms with Crippen LogP contribution in [-0.4, -0.2) is 15.8 Å². The first kappa shape index (κ1) is 44.4. The third-order valence-electron chi connectivity index (χ3n) is 17.8. The van der Waals surface area contributed by atoms with Crippen molar-refractivity contribution in [2.24, 2.45) is 0 Å². The highest BCUT2D eigenvalue weighted by atomic mass is 16.3. The van der Waals surface area contributed by atoms with Gasteiger partial charge in [0.25, 0.3) is 6.71 Å². The van der Waals surface area contributed by atoms with Crippen molar-refractivity contribution < 1.29 is 8.83 Å². The minimum Gasteiger partial charge on any atom is -0.468 e. The second kappa shape index (κ2) is 14.1. The number of furan rings is 2. The number of nitrogens with zero attached hydrogens (tertiary/aromatic N) is 3. The SMILES string of the molecule is CC(C)(C)c1ccc(N2c3cc(-n4c5ccc6cccc7c6c5c5c6c(ccc54)oc4cccc-7c46)cc4c3B(c3oc5ccc(C(C)(C)C)cc5c32)c2cc(C(C)(C)C)cc3c5cc(C(C)(C)C)ccc5n-4c23)cc1. The molecule has 13 aromatic rings. The molecule has 4 aromatic heterocycles. The molecule has 6 heterocycles. The van der Waals surface area contributed by atoms with Gasteiger partial charge in [-0.2, -0.15) is 0 Å². The molecule has 0 spiro atoms. The van der Waals surface area contributed by atoms with Gasteiger partial charge in [-0.1, -0.05) is 150 Å². The molecule has 0 saturated heterocycles. The Hall–Kier alpha value is -7.96. The van der Waals surface area contributed by atoms with Crippen LogP contribution in [0.25, 0.3) is 110 Å². The quantitative estimate of drug-likeness (QED) is 0.162. The summed E-state index contributed by atoms with van der Waals surface area (Å²) in [5.74, 6) is 0. The van der Waals surface area contributed by atoms with Crippen LogP contribution >= 0.6 is 0 Å². The van der Waals surface area contributed by atoms with Gasteiger partial charge >= 0.3 is 0 Å². The van der Waals surface area contributed by atoms with E-state index in [1.807, 2.05) is 0 Å². The molecule has 0 unspecified atom stereocenters. The lowest BCUT2D eigenvalue weighted by Crippen LogP contribution is -2.60. The third kappa shape index (κ3) is 5.67. The van der Waals surface area contributed by atoms with Crippen LogP contribution in [-0.2, 0) is 21.7 Å². The highest BCUT2D eigenvalue weighted by Gasteiger charge is 2.47. The molecule has 370 valence electrons. The van der Waals surface area contributed by atoms with Crippen LogP contribution in [0.2, 0.25) is 0 Å². The molecule has 6 heteroatoms. The maximum atomic E-state index is 7.51. The fourth-order valence-electron chi connectivity index (χ4n) is 13.9. The summed E-state index contributed by atoms with van der Waals surface area (Å²) >= 11 is 0. The third-order valence-corrected chi connectivity index (χ3v) is 17.8. The second-order valence-electron chi connectivity index (χ2n) is 26.6. The monoisotopic (exact) mass is 985 g/mol. The largest absolute Gasteiger partial charge is 0.468 e. The van der Waals surface area contributed by atoms with Crippen LogP contribution in [0, 0.1) is 0 Å². The molecule has 0 saturated carbocycles. The van der Waals surface area contributed by atoms with E-state index in [-0.39, 0.29) is 28.4 Å². The summed E-state index contributed by atoms with van der Waals surface area (Å²) in [5.41, 5.74) is 24.2. The van der Waals surface area contributed by atoms with E-state index in [1.54, 1.807) is 0 Å². The lowest BCUT2D eigenvalue weighted by Gasteiger charge is -2.39. The lowest BCUT2D eigenvalue weighted by atomic mass is 9.35. The van der Waals surface area contributed by atoms with Gasteiger partial charge in [0.05, 0.1) is 33.6 Å². The summed E-state index contributed by atoms with van der Waals surface area (Å²) in [6.45, 7) is 27.7. The minimum atomic E-state index is -0.195. The normalized spacial score (nSPS) is 14.3. The summed E-state index contributed by atoms with van der Waals surface area (Å²) in [4.78, 5) is 2.57. The molecule has 5 nitrogen and oxygen atoms in total. The molecule has 1 aliphatic carbocycles. The van der Waals surface area contributed by atoms with Gasteiger partial charge < -0.3 is 22.9 Å². The van der Waals surface area contributed by atoms with Gasteiger partial charge in [-0.15, -0.1) is 0 Å². The van der Waals surface area contributed by atoms with Gasteiger partial charge in [-0.3, -0.25) is 0 Å². The van der Waals surface area contributed by atoms with Crippen LogP contribution in [0.15, 0.2) is 154 Å². The van der Waals surface area contributed by atoms with E-state index in [0.29, 0.717) is 0 Å². The summed E-state index contributed by atoms with van der Waals surface area (Å²) in [6.07, 6.45) is 0. The molecule has 0 bridgehead atoms. The highest BCUT2D eigenvalue weighted by molar-refractivity contribution is 7.00. The molecule has 0 fully saturated rings. The van der Waals surface area contributed by atoms with Gasteiger partial charge in [-0.25, -0.2) is 0 Å². The van der Waals surface area contributed by atoms with Crippen molar-refractivity contribution in [2.75, 3.05) is 4.90 Å². The average Bonchev–Trinajstić information content (AvgIpc) is 4.10.